The van der Waals surface area contributed by atoms with Crippen molar-refractivity contribution in [3.8, 4) is 0 Å². The topological polar surface area (TPSA) is 0 Å². The molecule has 1 heterocycles. The number of halogens is 1. The van der Waals surface area contributed by atoms with Crippen LogP contribution in [0.25, 0.3) is 36.5 Å². The summed E-state index contributed by atoms with van der Waals surface area (Å²) in [5.41, 5.74) is 8.44. The number of hydrogen-bond donors (Lipinski definition) is 0. The minimum absolute atomic E-state index is 0.174. The van der Waals surface area contributed by atoms with Crippen LogP contribution >= 0.6 is 33.9 Å². The number of thiophene rings is 1. The zero-order chi connectivity index (χ0) is 26.1. The Morgan fingerprint density at radius 2 is 1.49 bits per heavy atom. The minimum atomic E-state index is -0.174. The monoisotopic (exact) mass is 630 g/mol. The average molecular weight is 631 g/mol. The molecule has 3 atom stereocenters. The third-order valence-electron chi connectivity index (χ3n) is 9.01. The van der Waals surface area contributed by atoms with Gasteiger partial charge in [-0.3, -0.25) is 0 Å². The van der Waals surface area contributed by atoms with Crippen molar-refractivity contribution in [2.75, 3.05) is 0 Å². The molecule has 0 fully saturated rings. The molecule has 2 aliphatic carbocycles. The molecule has 0 nitrogen and oxygen atoms in total. The van der Waals surface area contributed by atoms with Gasteiger partial charge in [0.05, 0.1) is 0 Å². The van der Waals surface area contributed by atoms with Gasteiger partial charge < -0.3 is 0 Å². The lowest BCUT2D eigenvalue weighted by molar-refractivity contribution is 0.447. The lowest BCUT2D eigenvalue weighted by Gasteiger charge is -2.47. The lowest BCUT2D eigenvalue weighted by Crippen LogP contribution is -2.41. The van der Waals surface area contributed by atoms with Gasteiger partial charge in [0.15, 0.2) is 0 Å². The van der Waals surface area contributed by atoms with Gasteiger partial charge in [-0.2, -0.15) is 0 Å². The van der Waals surface area contributed by atoms with Gasteiger partial charge in [-0.1, -0.05) is 139 Å². The molecular weight excluding hydrogens is 603 g/mol. The Kier molecular flexibility index (Phi) is 5.40. The Balaban J connectivity index is 1.46. The summed E-state index contributed by atoms with van der Waals surface area (Å²) in [6, 6.07) is 40.9. The largest absolute Gasteiger partial charge is 0.135 e. The van der Waals surface area contributed by atoms with Gasteiger partial charge in [0.25, 0.3) is 0 Å². The van der Waals surface area contributed by atoms with Crippen molar-refractivity contribution < 1.29 is 0 Å². The van der Waals surface area contributed by atoms with Gasteiger partial charge in [0.2, 0.25) is 0 Å². The highest BCUT2D eigenvalue weighted by atomic mass is 127. The fourth-order valence-corrected chi connectivity index (χ4v) is 9.51. The molecule has 3 unspecified atom stereocenters. The van der Waals surface area contributed by atoms with E-state index in [9.17, 15) is 0 Å². The number of rotatable bonds is 2. The number of allylic oxidation sites excluding steroid dienone is 3. The molecule has 0 radical (unpaired) electrons. The molecule has 2 aliphatic rings. The molecule has 0 spiro atoms. The number of benzene rings is 5. The second-order valence-electron chi connectivity index (χ2n) is 11.0. The van der Waals surface area contributed by atoms with Crippen molar-refractivity contribution in [3.63, 3.8) is 0 Å². The van der Waals surface area contributed by atoms with Crippen LogP contribution in [0.5, 0.6) is 0 Å². The van der Waals surface area contributed by atoms with E-state index in [0.29, 0.717) is 9.84 Å². The van der Waals surface area contributed by atoms with E-state index in [4.69, 9.17) is 0 Å². The number of hydrogen-bond acceptors (Lipinski definition) is 1. The van der Waals surface area contributed by atoms with Crippen molar-refractivity contribution in [2.45, 2.75) is 22.7 Å². The van der Waals surface area contributed by atoms with Crippen molar-refractivity contribution in [1.29, 1.82) is 0 Å². The highest BCUT2D eigenvalue weighted by molar-refractivity contribution is 14.1. The van der Waals surface area contributed by atoms with Crippen molar-refractivity contribution in [2.24, 2.45) is 5.92 Å². The van der Waals surface area contributed by atoms with Gasteiger partial charge in [-0.15, -0.1) is 11.3 Å². The van der Waals surface area contributed by atoms with Crippen LogP contribution in [0.4, 0.5) is 0 Å². The lowest BCUT2D eigenvalue weighted by atomic mass is 9.57. The van der Waals surface area contributed by atoms with Crippen molar-refractivity contribution in [3.05, 3.63) is 149 Å². The van der Waals surface area contributed by atoms with Gasteiger partial charge in [-0.25, -0.2) is 0 Å². The summed E-state index contributed by atoms with van der Waals surface area (Å²) in [7, 11) is 0. The van der Waals surface area contributed by atoms with Gasteiger partial charge >= 0.3 is 0 Å². The first-order valence-electron chi connectivity index (χ1n) is 13.7. The molecule has 0 amide bonds. The Hall–Kier alpha value is -3.21. The van der Waals surface area contributed by atoms with E-state index in [1.807, 2.05) is 11.3 Å². The minimum Gasteiger partial charge on any atom is -0.135 e. The molecule has 8 rings (SSSR count). The van der Waals surface area contributed by atoms with E-state index in [-0.39, 0.29) is 5.41 Å². The zero-order valence-corrected chi connectivity index (χ0v) is 24.7. The SMILES string of the molecule is CC1(c2cccc3c2sc2ccccc23)c2ccccc2C(c2ccc3ccccc3c2)=C2C(I)CC=CC21. The summed E-state index contributed by atoms with van der Waals surface area (Å²) in [4.78, 5) is 0. The second-order valence-corrected chi connectivity index (χ2v) is 13.6. The van der Waals surface area contributed by atoms with E-state index in [0.717, 1.165) is 6.42 Å². The molecular formula is C37H27IS. The summed E-state index contributed by atoms with van der Waals surface area (Å²) in [5.74, 6) is 0.292. The molecule has 6 aromatic rings. The second kappa shape index (κ2) is 8.90. The molecule has 0 bridgehead atoms. The van der Waals surface area contributed by atoms with Gasteiger partial charge in [-0.05, 0) is 62.7 Å². The Morgan fingerprint density at radius 1 is 0.744 bits per heavy atom. The van der Waals surface area contributed by atoms with Crippen LogP contribution in [0.3, 0.4) is 0 Å². The first kappa shape index (κ1) is 23.7. The Bertz CT molecular complexity index is 1990. The van der Waals surface area contributed by atoms with E-state index in [2.05, 4.69) is 151 Å². The van der Waals surface area contributed by atoms with Crippen molar-refractivity contribution >= 4 is 70.4 Å². The third-order valence-corrected chi connectivity index (χ3v) is 11.4. The highest BCUT2D eigenvalue weighted by Gasteiger charge is 2.47. The van der Waals surface area contributed by atoms with Crippen LogP contribution < -0.4 is 0 Å². The maximum Gasteiger partial charge on any atom is 0.0396 e. The molecule has 0 saturated heterocycles. The average Bonchev–Trinajstić information content (AvgIpc) is 3.37. The smallest absolute Gasteiger partial charge is 0.0396 e. The predicted molar refractivity (Wildman–Crippen MR) is 177 cm³/mol. The normalized spacial score (nSPS) is 22.4. The fraction of sp³-hybridized carbons (Fsp3) is 0.135. The maximum atomic E-state index is 2.71. The number of fused-ring (bicyclic) bond motifs is 6. The van der Waals surface area contributed by atoms with Gasteiger partial charge in [0, 0.05) is 35.4 Å². The van der Waals surface area contributed by atoms with E-state index >= 15 is 0 Å². The first-order valence-corrected chi connectivity index (χ1v) is 15.8. The standard InChI is InChI=1S/C37H27IS/c1-37(31-17-8-14-27-26-12-5-7-19-33(26)39-36(27)31)29-15-6-4-13-28(29)34(35-30(37)16-9-18-32(35)38)25-21-20-23-10-2-3-11-24(23)22-25/h2-17,19-22,30,32H,18H2,1H3. The molecule has 188 valence electrons. The molecule has 1 aromatic heterocycles. The third kappa shape index (κ3) is 3.41. The van der Waals surface area contributed by atoms with E-state index in [1.165, 1.54) is 58.8 Å². The van der Waals surface area contributed by atoms with Gasteiger partial charge in [0.1, 0.15) is 0 Å². The molecule has 0 aliphatic heterocycles. The fourth-order valence-electron chi connectivity index (χ4n) is 7.19. The van der Waals surface area contributed by atoms with Crippen molar-refractivity contribution in [1.82, 2.24) is 0 Å². The quantitative estimate of drug-likeness (QED) is 0.101. The zero-order valence-electron chi connectivity index (χ0n) is 21.7. The summed E-state index contributed by atoms with van der Waals surface area (Å²) < 4.78 is 3.24. The predicted octanol–water partition coefficient (Wildman–Crippen LogP) is 10.7. The highest BCUT2D eigenvalue weighted by Crippen LogP contribution is 2.57. The van der Waals surface area contributed by atoms with Crippen LogP contribution in [0.15, 0.2) is 127 Å². The maximum absolute atomic E-state index is 2.71. The van der Waals surface area contributed by atoms with Crippen LogP contribution in [-0.4, -0.2) is 3.92 Å². The summed E-state index contributed by atoms with van der Waals surface area (Å²) in [6.45, 7) is 2.51. The van der Waals surface area contributed by atoms with E-state index < -0.39 is 0 Å². The summed E-state index contributed by atoms with van der Waals surface area (Å²) >= 11 is 4.66. The van der Waals surface area contributed by atoms with Crippen LogP contribution in [0.2, 0.25) is 0 Å². The van der Waals surface area contributed by atoms with Crippen LogP contribution in [0, 0.1) is 5.92 Å². The van der Waals surface area contributed by atoms with E-state index in [1.54, 1.807) is 5.57 Å². The Morgan fingerprint density at radius 3 is 2.41 bits per heavy atom. The molecule has 2 heteroatoms. The Labute approximate surface area is 246 Å². The molecule has 39 heavy (non-hydrogen) atoms. The van der Waals surface area contributed by atoms with Crippen LogP contribution in [-0.2, 0) is 5.41 Å². The molecule has 0 saturated carbocycles. The number of alkyl halides is 1. The summed E-state index contributed by atoms with van der Waals surface area (Å²) in [5, 5.41) is 5.34. The molecule has 0 N–H and O–H groups in total. The summed E-state index contributed by atoms with van der Waals surface area (Å²) in [6.07, 6.45) is 6.03. The van der Waals surface area contributed by atoms with Crippen LogP contribution in [0.1, 0.15) is 35.6 Å². The molecule has 5 aromatic carbocycles. The first-order chi connectivity index (χ1) is 19.1.